The Morgan fingerprint density at radius 3 is 2.42 bits per heavy atom. The Morgan fingerprint density at radius 2 is 1.88 bits per heavy atom. The molecule has 0 fully saturated rings. The van der Waals surface area contributed by atoms with Crippen LogP contribution in [0.4, 0.5) is 23.2 Å². The van der Waals surface area contributed by atoms with Crippen molar-refractivity contribution in [2.75, 3.05) is 11.4 Å². The van der Waals surface area contributed by atoms with E-state index in [4.69, 9.17) is 16.7 Å². The predicted octanol–water partition coefficient (Wildman–Crippen LogP) is 5.02. The summed E-state index contributed by atoms with van der Waals surface area (Å²) in [6.07, 6.45) is -4.63. The van der Waals surface area contributed by atoms with Crippen molar-refractivity contribution in [2.45, 2.75) is 26.3 Å². The fourth-order valence-electron chi connectivity index (χ4n) is 2.42. The molecule has 24 heavy (non-hydrogen) atoms. The summed E-state index contributed by atoms with van der Waals surface area (Å²) < 4.78 is 53.3. The first-order valence-electron chi connectivity index (χ1n) is 7.26. The van der Waals surface area contributed by atoms with E-state index in [1.165, 1.54) is 0 Å². The van der Waals surface area contributed by atoms with E-state index in [1.54, 1.807) is 30.0 Å². The number of hydrogen-bond donors (Lipinski definition) is 1. The number of benzene rings is 2. The third kappa shape index (κ3) is 3.99. The van der Waals surface area contributed by atoms with Gasteiger partial charge in [0.15, 0.2) is 0 Å². The summed E-state index contributed by atoms with van der Waals surface area (Å²) in [5.74, 6) is -0.902. The Labute approximate surface area is 142 Å². The molecule has 0 saturated heterocycles. The molecular weight excluding hydrogens is 346 g/mol. The second-order valence-electron chi connectivity index (χ2n) is 5.21. The van der Waals surface area contributed by atoms with Crippen molar-refractivity contribution < 1.29 is 22.7 Å². The highest BCUT2D eigenvalue weighted by Gasteiger charge is 2.34. The molecule has 0 aliphatic carbocycles. The van der Waals surface area contributed by atoms with E-state index >= 15 is 0 Å². The molecule has 0 heterocycles. The van der Waals surface area contributed by atoms with Crippen LogP contribution in [0.1, 0.15) is 23.6 Å². The molecule has 0 saturated carbocycles. The fourth-order valence-corrected chi connectivity index (χ4v) is 2.66. The maximum Gasteiger partial charge on any atom is 0.416 e. The number of anilines is 1. The molecule has 0 aliphatic heterocycles. The smallest absolute Gasteiger partial charge is 0.392 e. The molecule has 0 atom stereocenters. The number of aliphatic hydroxyl groups excluding tert-OH is 1. The van der Waals surface area contributed by atoms with Crippen LogP contribution >= 0.6 is 11.6 Å². The summed E-state index contributed by atoms with van der Waals surface area (Å²) in [7, 11) is 0. The number of hydrogen-bond acceptors (Lipinski definition) is 2. The minimum absolute atomic E-state index is 0.239. The van der Waals surface area contributed by atoms with Crippen LogP contribution in [-0.4, -0.2) is 11.7 Å². The van der Waals surface area contributed by atoms with E-state index in [1.807, 2.05) is 0 Å². The van der Waals surface area contributed by atoms with Crippen LogP contribution in [0.3, 0.4) is 0 Å². The van der Waals surface area contributed by atoms with Gasteiger partial charge in [-0.3, -0.25) is 0 Å². The Balaban J connectivity index is 2.40. The molecule has 130 valence electrons. The monoisotopic (exact) mass is 361 g/mol. The lowest BCUT2D eigenvalue weighted by Gasteiger charge is -2.26. The van der Waals surface area contributed by atoms with E-state index in [2.05, 4.69) is 0 Å². The summed E-state index contributed by atoms with van der Waals surface area (Å²) in [5, 5.41) is 9.43. The summed E-state index contributed by atoms with van der Waals surface area (Å²) in [4.78, 5) is 1.58. The highest BCUT2D eigenvalue weighted by molar-refractivity contribution is 6.31. The molecule has 1 N–H and O–H groups in total. The van der Waals surface area contributed by atoms with Crippen LogP contribution in [0.25, 0.3) is 0 Å². The number of aliphatic hydroxyl groups is 1. The van der Waals surface area contributed by atoms with Gasteiger partial charge in [0, 0.05) is 29.4 Å². The fraction of sp³-hybridized carbons (Fsp3) is 0.294. The molecule has 0 aromatic heterocycles. The molecular formula is C17H16ClF4NO. The molecule has 2 rings (SSSR count). The highest BCUT2D eigenvalue weighted by atomic mass is 35.5. The Hall–Kier alpha value is -1.79. The van der Waals surface area contributed by atoms with Gasteiger partial charge >= 0.3 is 6.18 Å². The second-order valence-corrected chi connectivity index (χ2v) is 5.62. The lowest BCUT2D eigenvalue weighted by Crippen LogP contribution is -2.25. The Bertz CT molecular complexity index is 718. The van der Waals surface area contributed by atoms with E-state index in [9.17, 15) is 17.6 Å². The van der Waals surface area contributed by atoms with Crippen molar-refractivity contribution in [1.82, 2.24) is 0 Å². The average molecular weight is 362 g/mol. The summed E-state index contributed by atoms with van der Waals surface area (Å²) in [6.45, 7) is 1.63. The van der Waals surface area contributed by atoms with Crippen molar-refractivity contribution in [2.24, 2.45) is 0 Å². The molecule has 7 heteroatoms. The van der Waals surface area contributed by atoms with E-state index in [-0.39, 0.29) is 13.2 Å². The largest absolute Gasteiger partial charge is 0.416 e. The van der Waals surface area contributed by atoms with Crippen LogP contribution in [0.15, 0.2) is 36.4 Å². The SMILES string of the molecule is CCN(Cc1c(F)cccc1C(F)(F)F)c1ccc(CO)c(Cl)c1. The van der Waals surface area contributed by atoms with Crippen LogP contribution in [0.5, 0.6) is 0 Å². The summed E-state index contributed by atoms with van der Waals surface area (Å²) >= 11 is 6.03. The van der Waals surface area contributed by atoms with Crippen molar-refractivity contribution in [1.29, 1.82) is 0 Å². The zero-order chi connectivity index (χ0) is 17.9. The molecule has 0 aliphatic rings. The molecule has 0 amide bonds. The van der Waals surface area contributed by atoms with Gasteiger partial charge in [-0.2, -0.15) is 13.2 Å². The van der Waals surface area contributed by atoms with Gasteiger partial charge in [-0.1, -0.05) is 23.7 Å². The Kier molecular flexibility index (Phi) is 5.72. The first-order chi connectivity index (χ1) is 11.3. The maximum atomic E-state index is 14.0. The zero-order valence-corrected chi connectivity index (χ0v) is 13.6. The second kappa shape index (κ2) is 7.40. The van der Waals surface area contributed by atoms with Crippen molar-refractivity contribution in [3.63, 3.8) is 0 Å². The third-order valence-electron chi connectivity index (χ3n) is 3.73. The van der Waals surface area contributed by atoms with Crippen LogP contribution in [0, 0.1) is 5.82 Å². The van der Waals surface area contributed by atoms with Crippen molar-refractivity contribution in [3.05, 3.63) is 63.9 Å². The van der Waals surface area contributed by atoms with Gasteiger partial charge in [-0.25, -0.2) is 4.39 Å². The minimum atomic E-state index is -4.63. The maximum absolute atomic E-state index is 14.0. The standard InChI is InChI=1S/C17H16ClF4NO/c1-2-23(12-7-6-11(10-24)15(18)8-12)9-13-14(17(20,21)22)4-3-5-16(13)19/h3-8,24H,2,9-10H2,1H3. The molecule has 2 aromatic carbocycles. The number of rotatable bonds is 5. The highest BCUT2D eigenvalue weighted by Crippen LogP contribution is 2.34. The summed E-state index contributed by atoms with van der Waals surface area (Å²) in [6, 6.07) is 7.70. The quantitative estimate of drug-likeness (QED) is 0.756. The molecule has 0 radical (unpaired) electrons. The lowest BCUT2D eigenvalue weighted by atomic mass is 10.1. The number of nitrogens with zero attached hydrogens (tertiary/aromatic N) is 1. The van der Waals surface area contributed by atoms with E-state index in [0.717, 1.165) is 18.2 Å². The lowest BCUT2D eigenvalue weighted by molar-refractivity contribution is -0.138. The van der Waals surface area contributed by atoms with Crippen molar-refractivity contribution in [3.8, 4) is 0 Å². The first kappa shape index (κ1) is 18.5. The van der Waals surface area contributed by atoms with Gasteiger partial charge in [0.1, 0.15) is 5.82 Å². The average Bonchev–Trinajstić information content (AvgIpc) is 2.52. The molecule has 2 aromatic rings. The van der Waals surface area contributed by atoms with E-state index in [0.29, 0.717) is 22.8 Å². The first-order valence-corrected chi connectivity index (χ1v) is 7.64. The van der Waals surface area contributed by atoms with Crippen molar-refractivity contribution >= 4 is 17.3 Å². The predicted molar refractivity (Wildman–Crippen MR) is 85.5 cm³/mol. The van der Waals surface area contributed by atoms with Gasteiger partial charge in [0.2, 0.25) is 0 Å². The molecule has 0 unspecified atom stereocenters. The topological polar surface area (TPSA) is 23.5 Å². The number of alkyl halides is 3. The van der Waals surface area contributed by atoms with Gasteiger partial charge in [-0.15, -0.1) is 0 Å². The van der Waals surface area contributed by atoms with E-state index < -0.39 is 23.1 Å². The molecule has 0 bridgehead atoms. The van der Waals surface area contributed by atoms with Crippen LogP contribution < -0.4 is 4.90 Å². The van der Waals surface area contributed by atoms with Gasteiger partial charge in [0.05, 0.1) is 12.2 Å². The minimum Gasteiger partial charge on any atom is -0.392 e. The normalized spacial score (nSPS) is 11.6. The summed E-state index contributed by atoms with van der Waals surface area (Å²) in [5.41, 5.74) is -0.331. The molecule has 2 nitrogen and oxygen atoms in total. The van der Waals surface area contributed by atoms with Crippen LogP contribution in [0.2, 0.25) is 5.02 Å². The zero-order valence-electron chi connectivity index (χ0n) is 12.9. The van der Waals surface area contributed by atoms with Gasteiger partial charge in [0.25, 0.3) is 0 Å². The number of halogens is 5. The van der Waals surface area contributed by atoms with Gasteiger partial charge in [-0.05, 0) is 36.8 Å². The third-order valence-corrected chi connectivity index (χ3v) is 4.08. The Morgan fingerprint density at radius 1 is 1.17 bits per heavy atom. The van der Waals surface area contributed by atoms with Gasteiger partial charge < -0.3 is 10.0 Å². The molecule has 0 spiro atoms. The van der Waals surface area contributed by atoms with Crippen LogP contribution in [-0.2, 0) is 19.3 Å².